The first-order valence-corrected chi connectivity index (χ1v) is 13.3. The van der Waals surface area contributed by atoms with Crippen LogP contribution in [-0.4, -0.2) is 30.7 Å². The van der Waals surface area contributed by atoms with Gasteiger partial charge in [0.05, 0.1) is 11.5 Å². The SMILES string of the molecule is CCc1ccc([C@H]2C(C(=O)OCCOc3ccccc3)=C(C)N=C3C[C@@H](c4ccccc4)CC(=O)C32)cc1. The molecule has 0 bridgehead atoms. The average molecular weight is 508 g/mol. The van der Waals surface area contributed by atoms with Gasteiger partial charge in [-0.05, 0) is 54.5 Å². The summed E-state index contributed by atoms with van der Waals surface area (Å²) in [6.45, 7) is 4.31. The minimum Gasteiger partial charge on any atom is -0.490 e. The van der Waals surface area contributed by atoms with Gasteiger partial charge in [0.15, 0.2) is 0 Å². The van der Waals surface area contributed by atoms with Crippen LogP contribution >= 0.6 is 0 Å². The summed E-state index contributed by atoms with van der Waals surface area (Å²) in [6.07, 6.45) is 2.06. The van der Waals surface area contributed by atoms with Gasteiger partial charge in [-0.1, -0.05) is 79.7 Å². The Kier molecular flexibility index (Phi) is 7.83. The molecule has 38 heavy (non-hydrogen) atoms. The van der Waals surface area contributed by atoms with Crippen LogP contribution in [0, 0.1) is 5.92 Å². The summed E-state index contributed by atoms with van der Waals surface area (Å²) in [6, 6.07) is 27.8. The number of aliphatic imine (C=N–C) groups is 1. The van der Waals surface area contributed by atoms with Crippen LogP contribution in [0.3, 0.4) is 0 Å². The van der Waals surface area contributed by atoms with Crippen molar-refractivity contribution >= 4 is 17.5 Å². The van der Waals surface area contributed by atoms with Gasteiger partial charge in [-0.15, -0.1) is 0 Å². The number of para-hydroxylation sites is 1. The lowest BCUT2D eigenvalue weighted by atomic mass is 9.66. The van der Waals surface area contributed by atoms with Crippen LogP contribution in [0.25, 0.3) is 0 Å². The standard InChI is InChI=1S/C33H33NO4/c1-3-23-14-16-25(17-15-23)31-30(33(36)38-19-18-37-27-12-8-5-9-13-27)22(2)34-28-20-26(21-29(35)32(28)31)24-10-6-4-7-11-24/h4-17,26,31-32H,3,18-21H2,1-2H3/t26-,31+,32?/m1/s1. The lowest BCUT2D eigenvalue weighted by molar-refractivity contribution is -0.140. The fourth-order valence-electron chi connectivity index (χ4n) is 5.61. The quantitative estimate of drug-likeness (QED) is 0.260. The normalized spacial score (nSPS) is 20.9. The van der Waals surface area contributed by atoms with Crippen LogP contribution in [-0.2, 0) is 20.7 Å². The first-order valence-electron chi connectivity index (χ1n) is 13.3. The molecule has 5 nitrogen and oxygen atoms in total. The third-order valence-corrected chi connectivity index (χ3v) is 7.52. The summed E-state index contributed by atoms with van der Waals surface area (Å²) in [4.78, 5) is 32.1. The predicted molar refractivity (Wildman–Crippen MR) is 149 cm³/mol. The number of ketones is 1. The number of Topliss-reactive ketones (excluding diaryl/α,β-unsaturated/α-hetero) is 1. The Bertz CT molecular complexity index is 1340. The zero-order valence-electron chi connectivity index (χ0n) is 21.9. The van der Waals surface area contributed by atoms with Gasteiger partial charge >= 0.3 is 5.97 Å². The highest BCUT2D eigenvalue weighted by molar-refractivity contribution is 6.12. The number of nitrogens with zero attached hydrogens (tertiary/aromatic N) is 1. The summed E-state index contributed by atoms with van der Waals surface area (Å²) in [5.74, 6) is -0.378. The minimum atomic E-state index is -0.464. The molecule has 194 valence electrons. The van der Waals surface area contributed by atoms with E-state index < -0.39 is 17.8 Å². The van der Waals surface area contributed by atoms with E-state index in [2.05, 4.69) is 31.2 Å². The van der Waals surface area contributed by atoms with Crippen LogP contribution in [0.15, 0.2) is 101 Å². The van der Waals surface area contributed by atoms with E-state index in [0.29, 0.717) is 24.1 Å². The summed E-state index contributed by atoms with van der Waals surface area (Å²) in [5.41, 5.74) is 5.25. The topological polar surface area (TPSA) is 65.0 Å². The number of hydrogen-bond acceptors (Lipinski definition) is 5. The molecular weight excluding hydrogens is 474 g/mol. The molecule has 1 heterocycles. The summed E-state index contributed by atoms with van der Waals surface area (Å²) in [5, 5.41) is 0. The summed E-state index contributed by atoms with van der Waals surface area (Å²) < 4.78 is 11.4. The van der Waals surface area contributed by atoms with Crippen molar-refractivity contribution in [3.63, 3.8) is 0 Å². The van der Waals surface area contributed by atoms with E-state index in [1.54, 1.807) is 0 Å². The van der Waals surface area contributed by atoms with Gasteiger partial charge in [-0.2, -0.15) is 0 Å². The van der Waals surface area contributed by atoms with E-state index in [1.807, 2.05) is 67.6 Å². The smallest absolute Gasteiger partial charge is 0.336 e. The average Bonchev–Trinajstić information content (AvgIpc) is 2.95. The van der Waals surface area contributed by atoms with Crippen LogP contribution < -0.4 is 4.74 Å². The number of carbonyl (C=O) groups is 2. The van der Waals surface area contributed by atoms with E-state index in [0.717, 1.165) is 29.0 Å². The van der Waals surface area contributed by atoms with E-state index >= 15 is 0 Å². The number of benzene rings is 3. The van der Waals surface area contributed by atoms with Crippen LogP contribution in [0.4, 0.5) is 0 Å². The first kappa shape index (κ1) is 25.7. The highest BCUT2D eigenvalue weighted by Crippen LogP contribution is 2.46. The van der Waals surface area contributed by atoms with Crippen molar-refractivity contribution in [2.24, 2.45) is 10.9 Å². The van der Waals surface area contributed by atoms with Crippen molar-refractivity contribution in [3.05, 3.63) is 113 Å². The molecule has 0 spiro atoms. The molecule has 3 atom stereocenters. The molecule has 2 aliphatic rings. The number of hydrogen-bond donors (Lipinski definition) is 0. The Morgan fingerprint density at radius 1 is 0.842 bits per heavy atom. The Labute approximate surface area is 224 Å². The van der Waals surface area contributed by atoms with Crippen molar-refractivity contribution in [3.8, 4) is 5.75 Å². The first-order chi connectivity index (χ1) is 18.5. The van der Waals surface area contributed by atoms with Crippen LogP contribution in [0.1, 0.15) is 55.2 Å². The van der Waals surface area contributed by atoms with Crippen LogP contribution in [0.5, 0.6) is 5.75 Å². The van der Waals surface area contributed by atoms with Crippen molar-refractivity contribution in [1.29, 1.82) is 0 Å². The molecule has 1 aliphatic heterocycles. The number of rotatable bonds is 8. The summed E-state index contributed by atoms with van der Waals surface area (Å²) in [7, 11) is 0. The Morgan fingerprint density at radius 3 is 2.21 bits per heavy atom. The number of carbonyl (C=O) groups excluding carboxylic acids is 2. The van der Waals surface area contributed by atoms with E-state index in [-0.39, 0.29) is 24.9 Å². The molecule has 1 saturated carbocycles. The van der Waals surface area contributed by atoms with Gasteiger partial charge in [0.2, 0.25) is 0 Å². The highest BCUT2D eigenvalue weighted by atomic mass is 16.6. The Balaban J connectivity index is 1.42. The zero-order valence-corrected chi connectivity index (χ0v) is 21.9. The molecule has 0 saturated heterocycles. The maximum atomic E-state index is 13.7. The largest absolute Gasteiger partial charge is 0.490 e. The van der Waals surface area contributed by atoms with Gasteiger partial charge in [-0.3, -0.25) is 9.79 Å². The second kappa shape index (κ2) is 11.6. The molecule has 1 fully saturated rings. The number of fused-ring (bicyclic) bond motifs is 1. The lowest BCUT2D eigenvalue weighted by Gasteiger charge is -2.38. The molecular formula is C33H33NO4. The second-order valence-corrected chi connectivity index (χ2v) is 9.93. The van der Waals surface area contributed by atoms with Gasteiger partial charge < -0.3 is 9.47 Å². The van der Waals surface area contributed by atoms with Crippen molar-refractivity contribution in [2.75, 3.05) is 13.2 Å². The molecule has 5 heteroatoms. The zero-order chi connectivity index (χ0) is 26.5. The molecule has 0 amide bonds. The number of aryl methyl sites for hydroxylation is 1. The molecule has 0 radical (unpaired) electrons. The minimum absolute atomic E-state index is 0.0956. The van der Waals surface area contributed by atoms with E-state index in [1.165, 1.54) is 5.56 Å². The van der Waals surface area contributed by atoms with E-state index in [9.17, 15) is 9.59 Å². The molecule has 3 aromatic rings. The molecule has 5 rings (SSSR count). The van der Waals surface area contributed by atoms with Gasteiger partial charge in [0.25, 0.3) is 0 Å². The second-order valence-electron chi connectivity index (χ2n) is 9.93. The van der Waals surface area contributed by atoms with Crippen molar-refractivity contribution < 1.29 is 19.1 Å². The van der Waals surface area contributed by atoms with Gasteiger partial charge in [0.1, 0.15) is 24.7 Å². The highest BCUT2D eigenvalue weighted by Gasteiger charge is 2.46. The van der Waals surface area contributed by atoms with Gasteiger partial charge in [0, 0.05) is 23.7 Å². The number of ether oxygens (including phenoxy) is 2. The maximum Gasteiger partial charge on any atom is 0.336 e. The number of esters is 1. The fourth-order valence-corrected chi connectivity index (χ4v) is 5.61. The van der Waals surface area contributed by atoms with Crippen molar-refractivity contribution in [1.82, 2.24) is 0 Å². The molecule has 1 aliphatic carbocycles. The van der Waals surface area contributed by atoms with Gasteiger partial charge in [-0.25, -0.2) is 4.79 Å². The molecule has 0 aromatic heterocycles. The molecule has 1 unspecified atom stereocenters. The third-order valence-electron chi connectivity index (χ3n) is 7.52. The predicted octanol–water partition coefficient (Wildman–Crippen LogP) is 6.45. The Hall–Kier alpha value is -3.99. The van der Waals surface area contributed by atoms with Crippen LogP contribution in [0.2, 0.25) is 0 Å². The maximum absolute atomic E-state index is 13.7. The molecule has 3 aromatic carbocycles. The monoisotopic (exact) mass is 507 g/mol. The molecule has 0 N–H and O–H groups in total. The third kappa shape index (κ3) is 5.47. The Morgan fingerprint density at radius 2 is 1.53 bits per heavy atom. The number of allylic oxidation sites excluding steroid dienone is 1. The summed E-state index contributed by atoms with van der Waals surface area (Å²) >= 11 is 0. The van der Waals surface area contributed by atoms with E-state index in [4.69, 9.17) is 14.5 Å². The lowest BCUT2D eigenvalue weighted by Crippen LogP contribution is -2.41. The van der Waals surface area contributed by atoms with Crippen molar-refractivity contribution in [2.45, 2.75) is 44.9 Å². The fraction of sp³-hybridized carbons (Fsp3) is 0.303.